The predicted octanol–water partition coefficient (Wildman–Crippen LogP) is 3.07. The highest BCUT2D eigenvalue weighted by Crippen LogP contribution is 2.17. The van der Waals surface area contributed by atoms with Crippen LogP contribution in [0.5, 0.6) is 0 Å². The summed E-state index contributed by atoms with van der Waals surface area (Å²) < 4.78 is 0.982. The zero-order valence-corrected chi connectivity index (χ0v) is 15.6. The third kappa shape index (κ3) is 4.30. The molecule has 0 aliphatic heterocycles. The number of carbonyl (C=O) groups is 1. The molecule has 1 amide bonds. The maximum absolute atomic E-state index is 12.4. The van der Waals surface area contributed by atoms with Crippen LogP contribution in [-0.2, 0) is 17.9 Å². The van der Waals surface area contributed by atoms with Gasteiger partial charge in [0, 0.05) is 23.6 Å². The normalized spacial score (nSPS) is 10.7. The molecule has 1 heterocycles. The SMILES string of the molecule is Cc1ccc(-c2nnn(CC(=O)N(C)Cc3ccccc3Br)n2)cc1. The molecular formula is C18H18BrN5O. The maximum Gasteiger partial charge on any atom is 0.246 e. The van der Waals surface area contributed by atoms with Crippen LogP contribution in [0, 0.1) is 6.92 Å². The Balaban J connectivity index is 1.65. The highest BCUT2D eigenvalue weighted by molar-refractivity contribution is 9.10. The fraction of sp³-hybridized carbons (Fsp3) is 0.222. The van der Waals surface area contributed by atoms with E-state index >= 15 is 0 Å². The summed E-state index contributed by atoms with van der Waals surface area (Å²) in [5.74, 6) is 0.435. The molecule has 0 aliphatic rings. The van der Waals surface area contributed by atoms with E-state index in [0.29, 0.717) is 12.4 Å². The molecule has 0 radical (unpaired) electrons. The van der Waals surface area contributed by atoms with E-state index in [1.54, 1.807) is 11.9 Å². The molecule has 2 aromatic carbocycles. The van der Waals surface area contributed by atoms with Gasteiger partial charge in [-0.25, -0.2) is 0 Å². The molecule has 3 aromatic rings. The van der Waals surface area contributed by atoms with Gasteiger partial charge in [-0.05, 0) is 23.8 Å². The van der Waals surface area contributed by atoms with Gasteiger partial charge in [-0.3, -0.25) is 4.79 Å². The Bertz CT molecular complexity index is 875. The van der Waals surface area contributed by atoms with Crippen LogP contribution >= 0.6 is 15.9 Å². The molecule has 0 fully saturated rings. The summed E-state index contributed by atoms with van der Waals surface area (Å²) in [4.78, 5) is 15.4. The minimum absolute atomic E-state index is 0.0554. The van der Waals surface area contributed by atoms with Crippen LogP contribution in [-0.4, -0.2) is 38.1 Å². The minimum atomic E-state index is -0.0800. The molecule has 0 saturated carbocycles. The number of rotatable bonds is 5. The molecule has 0 unspecified atom stereocenters. The summed E-state index contributed by atoms with van der Waals surface area (Å²) >= 11 is 3.50. The number of aromatic nitrogens is 4. The Kier molecular flexibility index (Phi) is 5.23. The highest BCUT2D eigenvalue weighted by Gasteiger charge is 2.14. The number of aryl methyl sites for hydroxylation is 1. The average Bonchev–Trinajstić information content (AvgIpc) is 3.06. The smallest absolute Gasteiger partial charge is 0.246 e. The molecule has 25 heavy (non-hydrogen) atoms. The topological polar surface area (TPSA) is 63.9 Å². The summed E-state index contributed by atoms with van der Waals surface area (Å²) in [5, 5.41) is 12.3. The predicted molar refractivity (Wildman–Crippen MR) is 98.6 cm³/mol. The summed E-state index contributed by atoms with van der Waals surface area (Å²) in [6.45, 7) is 2.59. The van der Waals surface area contributed by atoms with Crippen molar-refractivity contribution in [3.63, 3.8) is 0 Å². The minimum Gasteiger partial charge on any atom is -0.340 e. The molecule has 0 bridgehead atoms. The first-order valence-electron chi connectivity index (χ1n) is 7.85. The van der Waals surface area contributed by atoms with Crippen LogP contribution in [0.2, 0.25) is 0 Å². The number of nitrogens with zero attached hydrogens (tertiary/aromatic N) is 5. The standard InChI is InChI=1S/C18H18BrN5O/c1-13-7-9-14(10-8-13)18-20-22-24(21-18)12-17(25)23(2)11-15-5-3-4-6-16(15)19/h3-10H,11-12H2,1-2H3. The second-order valence-electron chi connectivity index (χ2n) is 5.85. The molecule has 0 N–H and O–H groups in total. The van der Waals surface area contributed by atoms with Gasteiger partial charge in [-0.1, -0.05) is 64.0 Å². The van der Waals surface area contributed by atoms with E-state index in [-0.39, 0.29) is 12.5 Å². The summed E-state index contributed by atoms with van der Waals surface area (Å²) in [6, 6.07) is 15.7. The van der Waals surface area contributed by atoms with Gasteiger partial charge in [0.25, 0.3) is 0 Å². The van der Waals surface area contributed by atoms with Crippen molar-refractivity contribution in [1.29, 1.82) is 0 Å². The number of carbonyl (C=O) groups excluding carboxylic acids is 1. The van der Waals surface area contributed by atoms with Crippen molar-refractivity contribution in [3.8, 4) is 11.4 Å². The highest BCUT2D eigenvalue weighted by atomic mass is 79.9. The van der Waals surface area contributed by atoms with Crippen molar-refractivity contribution in [2.24, 2.45) is 0 Å². The van der Waals surface area contributed by atoms with E-state index < -0.39 is 0 Å². The van der Waals surface area contributed by atoms with Gasteiger partial charge in [0.2, 0.25) is 11.7 Å². The first-order chi connectivity index (χ1) is 12.0. The number of benzene rings is 2. The van der Waals surface area contributed by atoms with E-state index in [1.165, 1.54) is 10.4 Å². The van der Waals surface area contributed by atoms with Crippen LogP contribution in [0.4, 0.5) is 0 Å². The van der Waals surface area contributed by atoms with Crippen LogP contribution in [0.3, 0.4) is 0 Å². The van der Waals surface area contributed by atoms with Crippen molar-refractivity contribution < 1.29 is 4.79 Å². The number of hydrogen-bond donors (Lipinski definition) is 0. The van der Waals surface area contributed by atoms with Crippen molar-refractivity contribution in [3.05, 3.63) is 64.1 Å². The van der Waals surface area contributed by atoms with Gasteiger partial charge in [0.15, 0.2) is 0 Å². The van der Waals surface area contributed by atoms with E-state index in [4.69, 9.17) is 0 Å². The molecule has 0 spiro atoms. The summed E-state index contributed by atoms with van der Waals surface area (Å²) in [5.41, 5.74) is 3.09. The lowest BCUT2D eigenvalue weighted by atomic mass is 10.1. The van der Waals surface area contributed by atoms with Gasteiger partial charge < -0.3 is 4.90 Å². The number of hydrogen-bond acceptors (Lipinski definition) is 4. The number of amides is 1. The molecule has 0 aliphatic carbocycles. The van der Waals surface area contributed by atoms with Crippen molar-refractivity contribution in [2.75, 3.05) is 7.05 Å². The number of tetrazole rings is 1. The zero-order valence-electron chi connectivity index (χ0n) is 14.1. The molecule has 128 valence electrons. The first-order valence-corrected chi connectivity index (χ1v) is 8.64. The van der Waals surface area contributed by atoms with Crippen molar-refractivity contribution in [2.45, 2.75) is 20.0 Å². The van der Waals surface area contributed by atoms with Gasteiger partial charge in [-0.2, -0.15) is 4.80 Å². The molecule has 0 saturated heterocycles. The third-order valence-corrected chi connectivity index (χ3v) is 4.60. The fourth-order valence-electron chi connectivity index (χ4n) is 2.34. The van der Waals surface area contributed by atoms with Crippen LogP contribution in [0.25, 0.3) is 11.4 Å². The average molecular weight is 400 g/mol. The Morgan fingerprint density at radius 2 is 1.88 bits per heavy atom. The van der Waals surface area contributed by atoms with Gasteiger partial charge in [0.05, 0.1) is 0 Å². The van der Waals surface area contributed by atoms with Crippen LogP contribution < -0.4 is 0 Å². The lowest BCUT2D eigenvalue weighted by Crippen LogP contribution is -2.30. The van der Waals surface area contributed by atoms with Gasteiger partial charge in [0.1, 0.15) is 6.54 Å². The lowest BCUT2D eigenvalue weighted by molar-refractivity contribution is -0.131. The van der Waals surface area contributed by atoms with Gasteiger partial charge >= 0.3 is 0 Å². The van der Waals surface area contributed by atoms with E-state index in [0.717, 1.165) is 15.6 Å². The summed E-state index contributed by atoms with van der Waals surface area (Å²) in [6.07, 6.45) is 0. The number of halogens is 1. The Morgan fingerprint density at radius 1 is 1.16 bits per heavy atom. The Labute approximate surface area is 154 Å². The third-order valence-electron chi connectivity index (χ3n) is 3.83. The van der Waals surface area contributed by atoms with Crippen LogP contribution in [0.1, 0.15) is 11.1 Å². The lowest BCUT2D eigenvalue weighted by Gasteiger charge is -2.17. The quantitative estimate of drug-likeness (QED) is 0.661. The molecule has 1 aromatic heterocycles. The largest absolute Gasteiger partial charge is 0.340 e. The molecule has 3 rings (SSSR count). The Hall–Kier alpha value is -2.54. The van der Waals surface area contributed by atoms with E-state index in [2.05, 4.69) is 31.3 Å². The zero-order chi connectivity index (χ0) is 17.8. The van der Waals surface area contributed by atoms with Crippen molar-refractivity contribution >= 4 is 21.8 Å². The van der Waals surface area contributed by atoms with E-state index in [9.17, 15) is 4.79 Å². The second kappa shape index (κ2) is 7.57. The summed E-state index contributed by atoms with van der Waals surface area (Å²) in [7, 11) is 1.76. The fourth-order valence-corrected chi connectivity index (χ4v) is 2.75. The van der Waals surface area contributed by atoms with E-state index in [1.807, 2.05) is 55.5 Å². The second-order valence-corrected chi connectivity index (χ2v) is 6.71. The Morgan fingerprint density at radius 3 is 2.60 bits per heavy atom. The first kappa shape index (κ1) is 17.3. The molecule has 0 atom stereocenters. The number of likely N-dealkylation sites (N-methyl/N-ethyl adjacent to an activating group) is 1. The van der Waals surface area contributed by atoms with Crippen molar-refractivity contribution in [1.82, 2.24) is 25.1 Å². The van der Waals surface area contributed by atoms with Crippen LogP contribution in [0.15, 0.2) is 53.0 Å². The van der Waals surface area contributed by atoms with Gasteiger partial charge in [-0.15, -0.1) is 10.2 Å². The molecule has 7 heteroatoms. The monoisotopic (exact) mass is 399 g/mol. The molecular weight excluding hydrogens is 382 g/mol. The maximum atomic E-state index is 12.4. The molecule has 6 nitrogen and oxygen atoms in total.